The molecule has 162 valence electrons. The lowest BCUT2D eigenvalue weighted by molar-refractivity contribution is 0.100. The number of primary amides is 1. The smallest absolute Gasteiger partial charge is 0.250 e. The van der Waals surface area contributed by atoms with E-state index in [2.05, 4.69) is 33.8 Å². The largest absolute Gasteiger partial charge is 0.366 e. The molecule has 2 aromatic heterocycles. The third kappa shape index (κ3) is 3.94. The summed E-state index contributed by atoms with van der Waals surface area (Å²) in [6.07, 6.45) is 1.99. The van der Waals surface area contributed by atoms with Gasteiger partial charge in [0.1, 0.15) is 11.5 Å². The van der Waals surface area contributed by atoms with Crippen molar-refractivity contribution >= 4 is 33.3 Å². The van der Waals surface area contributed by atoms with Gasteiger partial charge in [-0.25, -0.2) is 9.97 Å². The molecule has 7 nitrogen and oxygen atoms in total. The van der Waals surface area contributed by atoms with Crippen molar-refractivity contribution in [2.24, 2.45) is 5.73 Å². The van der Waals surface area contributed by atoms with Gasteiger partial charge in [-0.05, 0) is 49.6 Å². The predicted octanol–water partition coefficient (Wildman–Crippen LogP) is 3.84. The van der Waals surface area contributed by atoms with Crippen LogP contribution in [-0.4, -0.2) is 38.7 Å². The fourth-order valence-electron chi connectivity index (χ4n) is 4.14. The molecule has 3 heterocycles. The summed E-state index contributed by atoms with van der Waals surface area (Å²) in [6.45, 7) is 2.47. The second-order valence-electron chi connectivity index (χ2n) is 8.08. The fraction of sp³-hybridized carbons (Fsp3) is 0.250. The van der Waals surface area contributed by atoms with Crippen molar-refractivity contribution in [3.05, 3.63) is 70.9 Å². The number of aromatic nitrogens is 3. The van der Waals surface area contributed by atoms with Crippen LogP contribution >= 0.6 is 11.5 Å². The average molecular weight is 445 g/mol. The van der Waals surface area contributed by atoms with Gasteiger partial charge in [0.05, 0.1) is 16.0 Å². The highest BCUT2D eigenvalue weighted by molar-refractivity contribution is 7.14. The second kappa shape index (κ2) is 8.64. The van der Waals surface area contributed by atoms with Gasteiger partial charge in [0.15, 0.2) is 5.82 Å². The number of nitrogens with zero attached hydrogens (tertiary/aromatic N) is 4. The van der Waals surface area contributed by atoms with Gasteiger partial charge in [0.25, 0.3) is 0 Å². The minimum absolute atomic E-state index is 0.458. The minimum Gasteiger partial charge on any atom is -0.366 e. The molecule has 2 aromatic carbocycles. The lowest BCUT2D eigenvalue weighted by Crippen LogP contribution is -2.18. The van der Waals surface area contributed by atoms with Gasteiger partial charge in [-0.15, -0.1) is 0 Å². The molecule has 8 heteroatoms. The Morgan fingerprint density at radius 2 is 2.00 bits per heavy atom. The number of amides is 1. The number of benzene rings is 2. The van der Waals surface area contributed by atoms with Crippen LogP contribution in [0, 0.1) is 0 Å². The van der Waals surface area contributed by atoms with E-state index in [9.17, 15) is 4.79 Å². The maximum absolute atomic E-state index is 11.9. The third-order valence-electron chi connectivity index (χ3n) is 5.76. The molecule has 0 aliphatic carbocycles. The Labute approximate surface area is 190 Å². The van der Waals surface area contributed by atoms with Crippen LogP contribution in [0.5, 0.6) is 0 Å². The van der Waals surface area contributed by atoms with Gasteiger partial charge in [-0.3, -0.25) is 4.79 Å². The molecule has 0 radical (unpaired) electrons. The van der Waals surface area contributed by atoms with Gasteiger partial charge in [0, 0.05) is 24.0 Å². The van der Waals surface area contributed by atoms with Crippen LogP contribution in [0.25, 0.3) is 21.6 Å². The summed E-state index contributed by atoms with van der Waals surface area (Å²) in [6, 6.07) is 15.8. The van der Waals surface area contributed by atoms with E-state index in [1.807, 2.05) is 30.3 Å². The maximum atomic E-state index is 11.9. The summed E-state index contributed by atoms with van der Waals surface area (Å²) in [7, 11) is 2.12. The van der Waals surface area contributed by atoms with Crippen LogP contribution in [-0.2, 0) is 19.5 Å². The molecule has 3 N–H and O–H groups in total. The summed E-state index contributed by atoms with van der Waals surface area (Å²) in [4.78, 5) is 24.0. The van der Waals surface area contributed by atoms with Crippen LogP contribution < -0.4 is 11.1 Å². The number of nitrogens with one attached hydrogen (secondary N) is 1. The summed E-state index contributed by atoms with van der Waals surface area (Å²) in [5, 5.41) is 4.39. The number of anilines is 1. The van der Waals surface area contributed by atoms with Gasteiger partial charge in [-0.2, -0.15) is 4.37 Å². The molecule has 0 fully saturated rings. The Hall–Kier alpha value is -3.36. The Balaban J connectivity index is 1.61. The summed E-state index contributed by atoms with van der Waals surface area (Å²) in [5.41, 5.74) is 10.1. The first-order valence-corrected chi connectivity index (χ1v) is 11.4. The number of rotatable bonds is 5. The summed E-state index contributed by atoms with van der Waals surface area (Å²) >= 11 is 1.26. The monoisotopic (exact) mass is 444 g/mol. The normalized spacial score (nSPS) is 14.2. The quantitative estimate of drug-likeness (QED) is 0.485. The van der Waals surface area contributed by atoms with Crippen molar-refractivity contribution in [2.45, 2.75) is 25.9 Å². The second-order valence-corrected chi connectivity index (χ2v) is 8.85. The first-order valence-electron chi connectivity index (χ1n) is 10.6. The number of nitrogens with two attached hydrogens (primary N) is 1. The lowest BCUT2D eigenvalue weighted by atomic mass is 10.1. The van der Waals surface area contributed by atoms with E-state index in [1.54, 1.807) is 6.07 Å². The summed E-state index contributed by atoms with van der Waals surface area (Å²) < 4.78 is 5.39. The molecule has 0 unspecified atom stereocenters. The molecule has 1 aliphatic heterocycles. The standard InChI is InChI=1S/C24H24N6OS/c1-30-12-6-11-16-19(14-30)27-24(28-23(16)26-13-15-7-3-2-4-8-15)20-17-9-5-10-18(22(25)31)21(17)32-29-20/h2-5,7-10H,6,11-14H2,1H3,(H2,25,31)(H,26,27,28). The van der Waals surface area contributed by atoms with Crippen molar-refractivity contribution in [3.63, 3.8) is 0 Å². The van der Waals surface area contributed by atoms with E-state index >= 15 is 0 Å². The minimum atomic E-state index is -0.458. The molecule has 1 amide bonds. The van der Waals surface area contributed by atoms with Crippen LogP contribution in [0.15, 0.2) is 48.5 Å². The van der Waals surface area contributed by atoms with Crippen LogP contribution in [0.4, 0.5) is 5.82 Å². The molecule has 5 rings (SSSR count). The van der Waals surface area contributed by atoms with Gasteiger partial charge in [0.2, 0.25) is 5.91 Å². The highest BCUT2D eigenvalue weighted by Crippen LogP contribution is 2.33. The Morgan fingerprint density at radius 3 is 2.81 bits per heavy atom. The highest BCUT2D eigenvalue weighted by Gasteiger charge is 2.22. The maximum Gasteiger partial charge on any atom is 0.250 e. The van der Waals surface area contributed by atoms with E-state index in [0.717, 1.165) is 47.5 Å². The zero-order chi connectivity index (χ0) is 22.1. The van der Waals surface area contributed by atoms with Crippen LogP contribution in [0.3, 0.4) is 0 Å². The number of hydrogen-bond donors (Lipinski definition) is 2. The average Bonchev–Trinajstić information content (AvgIpc) is 3.14. The van der Waals surface area contributed by atoms with Crippen LogP contribution in [0.2, 0.25) is 0 Å². The van der Waals surface area contributed by atoms with E-state index < -0.39 is 5.91 Å². The van der Waals surface area contributed by atoms with Crippen LogP contribution in [0.1, 0.15) is 33.6 Å². The van der Waals surface area contributed by atoms with E-state index in [-0.39, 0.29) is 0 Å². The lowest BCUT2D eigenvalue weighted by Gasteiger charge is -2.16. The molecule has 0 spiro atoms. The Kier molecular flexibility index (Phi) is 5.55. The molecule has 0 saturated heterocycles. The molecule has 1 aliphatic rings. The van der Waals surface area contributed by atoms with Crippen molar-refractivity contribution in [3.8, 4) is 11.5 Å². The highest BCUT2D eigenvalue weighted by atomic mass is 32.1. The van der Waals surface area contributed by atoms with Crippen molar-refractivity contribution in [1.29, 1.82) is 0 Å². The summed E-state index contributed by atoms with van der Waals surface area (Å²) in [5.74, 6) is 0.972. The van der Waals surface area contributed by atoms with Crippen molar-refractivity contribution in [2.75, 3.05) is 18.9 Å². The van der Waals surface area contributed by atoms with Crippen molar-refractivity contribution < 1.29 is 4.79 Å². The molecule has 0 saturated carbocycles. The van der Waals surface area contributed by atoms with E-state index in [1.165, 1.54) is 22.7 Å². The van der Waals surface area contributed by atoms with Crippen molar-refractivity contribution in [1.82, 2.24) is 19.2 Å². The molecule has 0 bridgehead atoms. The predicted molar refractivity (Wildman–Crippen MR) is 128 cm³/mol. The molecule has 32 heavy (non-hydrogen) atoms. The first-order chi connectivity index (χ1) is 15.6. The zero-order valence-electron chi connectivity index (χ0n) is 17.8. The van der Waals surface area contributed by atoms with E-state index in [4.69, 9.17) is 15.7 Å². The van der Waals surface area contributed by atoms with Gasteiger partial charge < -0.3 is 16.0 Å². The number of fused-ring (bicyclic) bond motifs is 2. The van der Waals surface area contributed by atoms with E-state index in [0.29, 0.717) is 23.6 Å². The molecular weight excluding hydrogens is 420 g/mol. The Morgan fingerprint density at radius 1 is 1.16 bits per heavy atom. The first kappa shape index (κ1) is 20.5. The fourth-order valence-corrected chi connectivity index (χ4v) is 5.03. The number of hydrogen-bond acceptors (Lipinski definition) is 7. The SMILES string of the molecule is CN1CCCc2c(nc(-c3nsc4c(C(N)=O)cccc34)nc2NCc2ccccc2)C1. The molecular formula is C24H24N6OS. The topological polar surface area (TPSA) is 97.0 Å². The zero-order valence-corrected chi connectivity index (χ0v) is 18.7. The molecule has 0 atom stereocenters. The number of carbonyl (C=O) groups excluding carboxylic acids is 1. The number of carbonyl (C=O) groups is 1. The van der Waals surface area contributed by atoms with Gasteiger partial charge in [-0.1, -0.05) is 42.5 Å². The molecule has 4 aromatic rings. The van der Waals surface area contributed by atoms with Gasteiger partial charge >= 0.3 is 0 Å². The Bertz CT molecular complexity index is 1290. The third-order valence-corrected chi connectivity index (χ3v) is 6.65.